The second-order valence-corrected chi connectivity index (χ2v) is 39.7. The number of amides is 1. The zero-order valence-corrected chi connectivity index (χ0v) is 90.9. The summed E-state index contributed by atoms with van der Waals surface area (Å²) in [7, 11) is 0. The molecule has 8 N–H and O–H groups in total. The Morgan fingerprint density at radius 3 is 0.928 bits per heavy atom. The molecule has 13 aromatic carbocycles. The molecule has 1 amide bonds. The Labute approximate surface area is 854 Å². The number of phenols is 1. The fourth-order valence-corrected chi connectivity index (χ4v) is 13.0. The topological polar surface area (TPSA) is 263 Å². The van der Waals surface area contributed by atoms with Crippen LogP contribution in [-0.4, -0.2) is 31.9 Å². The van der Waals surface area contributed by atoms with Crippen LogP contribution in [0.1, 0.15) is 361 Å². The summed E-state index contributed by atoms with van der Waals surface area (Å²) in [5.41, 5.74) is 37.5. The monoisotopic (exact) mass is 2030 g/mol. The van der Waals surface area contributed by atoms with Gasteiger partial charge in [-0.15, -0.1) is 0 Å². The highest BCUT2D eigenvalue weighted by Crippen LogP contribution is 2.27. The Kier molecular flexibility index (Phi) is 60.9. The van der Waals surface area contributed by atoms with Gasteiger partial charge in [-0.2, -0.15) is 5.26 Å². The molecule has 14 nitrogen and oxygen atoms in total. The number of non-ortho nitro benzene ring substituents is 2. The minimum absolute atomic E-state index is 0.147. The second kappa shape index (κ2) is 67.8. The first-order chi connectivity index (χ1) is 65.3. The van der Waals surface area contributed by atoms with Gasteiger partial charge in [-0.3, -0.25) is 25.0 Å². The van der Waals surface area contributed by atoms with Crippen molar-refractivity contribution in [1.29, 1.82) is 5.26 Å². The summed E-state index contributed by atoms with van der Waals surface area (Å²) in [5, 5.41) is 47.6. The molecule has 139 heavy (non-hydrogen) atoms. The van der Waals surface area contributed by atoms with E-state index in [9.17, 15) is 34.2 Å². The number of phenolic OH excluding ortho intramolecular Hbond substituents is 1. The molecular weight excluding hydrogens is 1880 g/mol. The van der Waals surface area contributed by atoms with E-state index in [2.05, 4.69) is 302 Å². The Bertz CT molecular complexity index is 5130. The first kappa shape index (κ1) is 125. The molecule has 0 spiro atoms. The van der Waals surface area contributed by atoms with Gasteiger partial charge >= 0.3 is 5.97 Å². The molecule has 0 aromatic heterocycles. The summed E-state index contributed by atoms with van der Waals surface area (Å²) >= 11 is 12.6. The molecule has 0 saturated heterocycles. The number of nitro groups is 2. The number of carboxylic acids is 1. The fourth-order valence-electron chi connectivity index (χ4n) is 12.1. The molecule has 0 bridgehead atoms. The van der Waals surface area contributed by atoms with Crippen LogP contribution in [0.2, 0.25) is 5.02 Å². The zero-order chi connectivity index (χ0) is 105. The molecule has 0 aliphatic heterocycles. The van der Waals surface area contributed by atoms with E-state index in [1.807, 2.05) is 141 Å². The number of carbonyl (C=O) groups excluding carboxylic acids is 1. The van der Waals surface area contributed by atoms with E-state index < -0.39 is 5.97 Å². The number of rotatable bonds is 17. The van der Waals surface area contributed by atoms with Crippen LogP contribution in [0.4, 0.5) is 27.1 Å². The van der Waals surface area contributed by atoms with Gasteiger partial charge in [0.1, 0.15) is 11.6 Å². The lowest BCUT2D eigenvalue weighted by Gasteiger charge is -2.04. The number of halogens is 4. The second-order valence-electron chi connectivity index (χ2n) is 37.4. The van der Waals surface area contributed by atoms with Gasteiger partial charge in [-0.25, -0.2) is 9.18 Å². The maximum Gasteiger partial charge on any atom is 0.335 e. The fraction of sp³-hybridized carbons (Fsp3) is 0.331. The maximum atomic E-state index is 12.5. The number of nitriles is 1. The zero-order valence-electron chi connectivity index (χ0n) is 87.0. The molecule has 0 unspecified atom stereocenters. The number of carboxylic acid groups (broad SMARTS) is 1. The number of nitrogens with zero attached hydrogens (tertiary/aromatic N) is 3. The number of hydrogen-bond acceptors (Lipinski definition) is 10. The lowest BCUT2D eigenvalue weighted by atomic mass is 10.0. The molecule has 13 rings (SSSR count). The van der Waals surface area contributed by atoms with Gasteiger partial charge in [-0.1, -0.05) is 399 Å². The Morgan fingerprint density at radius 2 is 0.626 bits per heavy atom. The smallest absolute Gasteiger partial charge is 0.335 e. The summed E-state index contributed by atoms with van der Waals surface area (Å²) in [5.74, 6) is 5.80. The van der Waals surface area contributed by atoms with Crippen LogP contribution < -0.4 is 17.2 Å². The lowest BCUT2D eigenvalue weighted by molar-refractivity contribution is -0.385. The van der Waals surface area contributed by atoms with Gasteiger partial charge in [0.15, 0.2) is 0 Å². The number of anilines is 2. The minimum atomic E-state index is -0.870. The molecule has 0 saturated carbocycles. The van der Waals surface area contributed by atoms with Crippen molar-refractivity contribution in [2.24, 2.45) is 5.73 Å². The van der Waals surface area contributed by atoms with Crippen LogP contribution in [-0.2, 0) is 0 Å². The summed E-state index contributed by atoms with van der Waals surface area (Å²) in [4.78, 5) is 41.1. The third-order valence-electron chi connectivity index (χ3n) is 21.4. The molecule has 0 heterocycles. The van der Waals surface area contributed by atoms with Crippen LogP contribution in [0.3, 0.4) is 0 Å². The third-order valence-corrected chi connectivity index (χ3v) is 22.7. The predicted molar refractivity (Wildman–Crippen MR) is 596 cm³/mol. The lowest BCUT2D eigenvalue weighted by Crippen LogP contribution is -2.10. The van der Waals surface area contributed by atoms with E-state index in [1.165, 1.54) is 89.9 Å². The van der Waals surface area contributed by atoms with Gasteiger partial charge in [0.25, 0.3) is 11.4 Å². The quantitative estimate of drug-likeness (QED) is 0.0325. The molecule has 18 heteroatoms. The van der Waals surface area contributed by atoms with Gasteiger partial charge in [-0.05, 0) is 278 Å². The summed E-state index contributed by atoms with van der Waals surface area (Å²) in [6, 6.07) is 101. The third kappa shape index (κ3) is 54.6. The normalized spacial score (nSPS) is 10.3. The van der Waals surface area contributed by atoms with Crippen molar-refractivity contribution in [3.63, 3.8) is 0 Å². The van der Waals surface area contributed by atoms with Crippen LogP contribution in [0.25, 0.3) is 0 Å². The maximum absolute atomic E-state index is 12.5. The highest BCUT2D eigenvalue weighted by Gasteiger charge is 2.11. The number of carbonyl (C=O) groups is 2. The highest BCUT2D eigenvalue weighted by molar-refractivity contribution is 9.10. The van der Waals surface area contributed by atoms with E-state index in [0.29, 0.717) is 93.8 Å². The van der Waals surface area contributed by atoms with Crippen LogP contribution in [0.5, 0.6) is 5.75 Å². The van der Waals surface area contributed by atoms with Crippen molar-refractivity contribution in [1.82, 2.24) is 0 Å². The summed E-state index contributed by atoms with van der Waals surface area (Å²) < 4.78 is 14.8. The van der Waals surface area contributed by atoms with Crippen LogP contribution in [0, 0.1) is 44.3 Å². The standard InChI is InChI=1S/C10H13NO.C10H11N.C10H12O2.C10H14.2C9H11Br.C9H11Cl.C9H11F.2C9H11NO2.2C9H13N.C9H12O/c1-7(2)8-3-5-9(6-4-8)10(11)12;1-8(2)10-5-3-9(7-11)4-6-10;1-7(2)8-3-5-9(6-4-8)10(11)12;1-8(2)10-6-4-5-9(3)7-10;1-7(2)8-3-5-9(10)6-4-8;3*1-7(2)8-4-3-5-9(10)6-8;1-7(2)8-3-5-9(6-4-8)10(11)12;1-7(2)8-4-3-5-9(6-8)10(11)12;1-7(2)8-3-5-9(10)6-4-8;1-7(2)8-4-3-5-9(10)6-8;1-7(2)8-3-5-9(10)6-4-8/h3-7H,1-2H3,(H2,11,12);3-6,8H,1-2H3;3-7H,1-2H3,(H,11,12);4-8H,1-3H3;4*3-7H,1-2H3;2*3-7H,1-2H3;2*3-7H,10H2,1-2H3;3-7,10H,1-2H3. The number of primary amides is 1. The minimum Gasteiger partial charge on any atom is -0.508 e. The highest BCUT2D eigenvalue weighted by atomic mass is 79.9. The Morgan fingerprint density at radius 1 is 0.331 bits per heavy atom. The van der Waals surface area contributed by atoms with Crippen molar-refractivity contribution >= 4 is 78.1 Å². The van der Waals surface area contributed by atoms with Crippen LogP contribution >= 0.6 is 43.5 Å². The first-order valence-corrected chi connectivity index (χ1v) is 49.5. The van der Waals surface area contributed by atoms with E-state index in [4.69, 9.17) is 44.3 Å². The average molecular weight is 2030 g/mol. The van der Waals surface area contributed by atoms with Gasteiger partial charge < -0.3 is 27.4 Å². The summed E-state index contributed by atoms with van der Waals surface area (Å²) in [6.07, 6.45) is 0. The van der Waals surface area contributed by atoms with Gasteiger partial charge in [0.2, 0.25) is 5.91 Å². The molecule has 0 aliphatic carbocycles. The number of nitrogen functional groups attached to an aromatic ring is 2. The predicted octanol–water partition coefficient (Wildman–Crippen LogP) is 36.5. The number of benzene rings is 13. The first-order valence-electron chi connectivity index (χ1n) is 47.6. The largest absolute Gasteiger partial charge is 0.508 e. The van der Waals surface area contributed by atoms with E-state index >= 15 is 0 Å². The van der Waals surface area contributed by atoms with Crippen molar-refractivity contribution in [3.8, 4) is 11.8 Å². The number of nitrogens with two attached hydrogens (primary N) is 3. The van der Waals surface area contributed by atoms with Crippen molar-refractivity contribution in [2.75, 3.05) is 11.5 Å². The van der Waals surface area contributed by atoms with Crippen LogP contribution in [0.15, 0.2) is 324 Å². The summed E-state index contributed by atoms with van der Waals surface area (Å²) in [6.45, 7) is 57.5. The van der Waals surface area contributed by atoms with E-state index in [-0.39, 0.29) is 32.9 Å². The van der Waals surface area contributed by atoms with Gasteiger partial charge in [0.05, 0.1) is 27.0 Å². The Balaban J connectivity index is 0.000000753. The molecule has 0 atom stereocenters. The molecule has 0 aliphatic rings. The number of aromatic carboxylic acids is 1. The molecule has 744 valence electrons. The van der Waals surface area contributed by atoms with E-state index in [1.54, 1.807) is 72.8 Å². The number of aromatic hydroxyl groups is 1. The van der Waals surface area contributed by atoms with Crippen molar-refractivity contribution < 1.29 is 34.0 Å². The van der Waals surface area contributed by atoms with E-state index in [0.717, 1.165) is 43.1 Å². The molecule has 0 radical (unpaired) electrons. The average Bonchev–Trinajstić information content (AvgIpc) is 0.891. The van der Waals surface area contributed by atoms with Crippen molar-refractivity contribution in [2.45, 2.75) is 264 Å². The number of hydrogen-bond donors (Lipinski definition) is 5. The molecule has 0 fully saturated rings. The molecule has 13 aromatic rings. The molecular formula is C121H154Br2ClFN6O8. The number of aryl methyl sites for hydroxylation is 1. The Hall–Kier alpha value is -12.3. The van der Waals surface area contributed by atoms with Gasteiger partial charge in [0, 0.05) is 55.2 Å². The SMILES string of the molecule is CC(C)c1ccc(Br)cc1.CC(C)c1ccc(C#N)cc1.CC(C)c1ccc(C(=O)O)cc1.CC(C)c1ccc(C(N)=O)cc1.CC(C)c1ccc(N)cc1.CC(C)c1ccc(O)cc1.CC(C)c1ccc([N+](=O)[O-])cc1.CC(C)c1cccc(Br)c1.CC(C)c1cccc(Cl)c1.CC(C)c1cccc(F)c1.CC(C)c1cccc(N)c1.CC(C)c1cccc([N+](=O)[O-])c1.Cc1cccc(C(C)C)c1. The number of nitro benzene ring substituents is 2. The van der Waals surface area contributed by atoms with Crippen molar-refractivity contribution in [3.05, 3.63) is 450 Å².